The monoisotopic (exact) mass is 485 g/mol. The first kappa shape index (κ1) is 25.8. The van der Waals surface area contributed by atoms with Gasteiger partial charge in [-0.3, -0.25) is 18.7 Å². The van der Waals surface area contributed by atoms with Crippen LogP contribution in [0.5, 0.6) is 17.2 Å². The lowest BCUT2D eigenvalue weighted by Crippen LogP contribution is -2.40. The fourth-order valence-electron chi connectivity index (χ4n) is 3.77. The Labute approximate surface area is 202 Å². The predicted molar refractivity (Wildman–Crippen MR) is 131 cm³/mol. The van der Waals surface area contributed by atoms with Crippen LogP contribution >= 0.6 is 0 Å². The zero-order chi connectivity index (χ0) is 25.7. The number of carbonyl (C=O) groups excluding carboxylic acids is 1. The normalized spacial score (nSPS) is 12.1. The molecule has 188 valence electrons. The van der Waals surface area contributed by atoms with Gasteiger partial charge < -0.3 is 24.7 Å². The summed E-state index contributed by atoms with van der Waals surface area (Å²) in [5, 5.41) is 0.335. The number of nitrogens with zero attached hydrogens (tertiary/aromatic N) is 2. The van der Waals surface area contributed by atoms with Crippen molar-refractivity contribution in [2.24, 2.45) is 12.8 Å². The molecule has 3 rings (SSSR count). The highest BCUT2D eigenvalue weighted by molar-refractivity contribution is 5.82. The minimum Gasteiger partial charge on any atom is -0.493 e. The maximum absolute atomic E-state index is 13.0. The number of hydrogen-bond donors (Lipinski definition) is 1. The summed E-state index contributed by atoms with van der Waals surface area (Å²) < 4.78 is 24.4. The Hall–Kier alpha value is -3.79. The first-order chi connectivity index (χ1) is 16.7. The Morgan fingerprint density at radius 2 is 1.66 bits per heavy atom. The average Bonchev–Trinajstić information content (AvgIpc) is 2.84. The lowest BCUT2D eigenvalue weighted by Gasteiger charge is -2.17. The van der Waals surface area contributed by atoms with Gasteiger partial charge in [0.15, 0.2) is 11.5 Å². The van der Waals surface area contributed by atoms with Gasteiger partial charge in [0.25, 0.3) is 5.56 Å². The molecule has 2 aromatic carbocycles. The lowest BCUT2D eigenvalue weighted by molar-refractivity contribution is -0.132. The van der Waals surface area contributed by atoms with Crippen molar-refractivity contribution >= 4 is 16.8 Å². The van der Waals surface area contributed by atoms with E-state index < -0.39 is 23.3 Å². The summed E-state index contributed by atoms with van der Waals surface area (Å²) in [5.41, 5.74) is 5.84. The van der Waals surface area contributed by atoms with E-state index in [1.54, 1.807) is 31.3 Å². The molecule has 2 N–H and O–H groups in total. The summed E-state index contributed by atoms with van der Waals surface area (Å²) in [4.78, 5) is 37.5. The predicted octanol–water partition coefficient (Wildman–Crippen LogP) is 1.62. The molecule has 1 unspecified atom stereocenters. The van der Waals surface area contributed by atoms with Crippen LogP contribution in [0.25, 0.3) is 10.9 Å². The molecule has 10 heteroatoms. The third kappa shape index (κ3) is 5.83. The molecule has 1 heterocycles. The number of rotatable bonds is 11. The van der Waals surface area contributed by atoms with Gasteiger partial charge in [-0.25, -0.2) is 4.79 Å². The maximum atomic E-state index is 13.0. The number of carbonyl (C=O) groups is 1. The van der Waals surface area contributed by atoms with Crippen molar-refractivity contribution in [3.05, 3.63) is 62.8 Å². The summed E-state index contributed by atoms with van der Waals surface area (Å²) in [6, 6.07) is 10.3. The zero-order valence-electron chi connectivity index (χ0n) is 20.6. The van der Waals surface area contributed by atoms with E-state index in [-0.39, 0.29) is 19.3 Å². The van der Waals surface area contributed by atoms with E-state index in [4.69, 9.17) is 24.7 Å². The van der Waals surface area contributed by atoms with Crippen molar-refractivity contribution in [1.82, 2.24) is 9.13 Å². The zero-order valence-corrected chi connectivity index (χ0v) is 20.6. The number of aryl methyl sites for hydroxylation is 1. The molecule has 1 amide bonds. The smallest absolute Gasteiger partial charge is 0.331 e. The molecular formula is C25H31N3O7. The first-order valence-corrected chi connectivity index (χ1v) is 11.2. The average molecular weight is 486 g/mol. The highest BCUT2D eigenvalue weighted by atomic mass is 16.5. The van der Waals surface area contributed by atoms with Gasteiger partial charge in [0.2, 0.25) is 5.91 Å². The number of benzene rings is 2. The van der Waals surface area contributed by atoms with Crippen LogP contribution in [0.2, 0.25) is 0 Å². The van der Waals surface area contributed by atoms with E-state index in [0.717, 1.165) is 10.1 Å². The molecule has 35 heavy (non-hydrogen) atoms. The molecule has 0 fully saturated rings. The fraction of sp³-hybridized carbons (Fsp3) is 0.400. The minimum atomic E-state index is -0.712. The van der Waals surface area contributed by atoms with Gasteiger partial charge in [-0.2, -0.15) is 0 Å². The SMILES string of the molecule is COc1cc2c(=O)n(CCOc3ccc(CC(OC(C)C)C(N)=O)cc3)c(=O)n(C)c2cc1OC. The second-order valence-electron chi connectivity index (χ2n) is 8.30. The molecule has 0 aliphatic rings. The van der Waals surface area contributed by atoms with Gasteiger partial charge >= 0.3 is 5.69 Å². The Morgan fingerprint density at radius 3 is 2.23 bits per heavy atom. The summed E-state index contributed by atoms with van der Waals surface area (Å²) in [6.45, 7) is 3.85. The quantitative estimate of drug-likeness (QED) is 0.438. The van der Waals surface area contributed by atoms with Crippen LogP contribution in [0.3, 0.4) is 0 Å². The molecule has 3 aromatic rings. The van der Waals surface area contributed by atoms with E-state index >= 15 is 0 Å². The van der Waals surface area contributed by atoms with Crippen LogP contribution in [0.1, 0.15) is 19.4 Å². The van der Waals surface area contributed by atoms with Gasteiger partial charge in [0, 0.05) is 19.5 Å². The van der Waals surface area contributed by atoms with E-state index in [0.29, 0.717) is 34.6 Å². The number of aromatic nitrogens is 2. The van der Waals surface area contributed by atoms with Crippen LogP contribution < -0.4 is 31.2 Å². The van der Waals surface area contributed by atoms with Crippen molar-refractivity contribution < 1.29 is 23.7 Å². The molecule has 0 aliphatic carbocycles. The number of primary amides is 1. The van der Waals surface area contributed by atoms with Crippen molar-refractivity contribution in [2.75, 3.05) is 20.8 Å². The van der Waals surface area contributed by atoms with Crippen LogP contribution in [0, 0.1) is 0 Å². The summed E-state index contributed by atoms with van der Waals surface area (Å²) in [5.74, 6) is 0.872. The van der Waals surface area contributed by atoms with Gasteiger partial charge in [-0.15, -0.1) is 0 Å². The molecule has 0 aliphatic heterocycles. The third-order valence-electron chi connectivity index (χ3n) is 5.54. The van der Waals surface area contributed by atoms with E-state index in [1.165, 1.54) is 18.8 Å². The minimum absolute atomic E-state index is 0.0590. The Bertz CT molecular complexity index is 1310. The van der Waals surface area contributed by atoms with Gasteiger partial charge in [0.1, 0.15) is 18.5 Å². The topological polar surface area (TPSA) is 124 Å². The number of nitrogens with two attached hydrogens (primary N) is 1. The van der Waals surface area contributed by atoms with E-state index in [2.05, 4.69) is 0 Å². The van der Waals surface area contributed by atoms with Gasteiger partial charge in [-0.1, -0.05) is 12.1 Å². The molecule has 0 spiro atoms. The molecule has 1 atom stereocenters. The largest absolute Gasteiger partial charge is 0.493 e. The second-order valence-corrected chi connectivity index (χ2v) is 8.30. The Kier molecular flexibility index (Phi) is 8.18. The summed E-state index contributed by atoms with van der Waals surface area (Å²) >= 11 is 0. The molecule has 0 bridgehead atoms. The second kappa shape index (κ2) is 11.1. The van der Waals surface area contributed by atoms with Crippen LogP contribution in [0.4, 0.5) is 0 Å². The summed E-state index contributed by atoms with van der Waals surface area (Å²) in [6.07, 6.45) is -0.481. The standard InChI is InChI=1S/C25H31N3O7/c1-15(2)35-22(23(26)29)12-16-6-8-17(9-7-16)34-11-10-28-24(30)18-13-20(32-4)21(33-5)14-19(18)27(3)25(28)31/h6-9,13-15,22H,10-12H2,1-5H3,(H2,26,29). The molecule has 0 saturated heterocycles. The highest BCUT2D eigenvalue weighted by Crippen LogP contribution is 2.30. The van der Waals surface area contributed by atoms with Crippen molar-refractivity contribution in [3.63, 3.8) is 0 Å². The summed E-state index contributed by atoms with van der Waals surface area (Å²) in [7, 11) is 4.56. The first-order valence-electron chi connectivity index (χ1n) is 11.2. The van der Waals surface area contributed by atoms with E-state index in [1.807, 2.05) is 26.0 Å². The fourth-order valence-corrected chi connectivity index (χ4v) is 3.77. The number of hydrogen-bond acceptors (Lipinski definition) is 7. The number of fused-ring (bicyclic) bond motifs is 1. The molecule has 10 nitrogen and oxygen atoms in total. The Morgan fingerprint density at radius 1 is 1.03 bits per heavy atom. The van der Waals surface area contributed by atoms with Crippen molar-refractivity contribution in [1.29, 1.82) is 0 Å². The van der Waals surface area contributed by atoms with Crippen LogP contribution in [0.15, 0.2) is 46.0 Å². The molecule has 1 aromatic heterocycles. The highest BCUT2D eigenvalue weighted by Gasteiger charge is 2.18. The van der Waals surface area contributed by atoms with Crippen LogP contribution in [-0.2, 0) is 29.5 Å². The van der Waals surface area contributed by atoms with Crippen LogP contribution in [-0.4, -0.2) is 48.1 Å². The molecular weight excluding hydrogens is 454 g/mol. The number of ether oxygens (including phenoxy) is 4. The Balaban J connectivity index is 1.74. The third-order valence-corrected chi connectivity index (χ3v) is 5.54. The number of amides is 1. The van der Waals surface area contributed by atoms with E-state index in [9.17, 15) is 14.4 Å². The van der Waals surface area contributed by atoms with Gasteiger partial charge in [0.05, 0.1) is 37.8 Å². The molecule has 0 radical (unpaired) electrons. The lowest BCUT2D eigenvalue weighted by atomic mass is 10.1. The number of methoxy groups -OCH3 is 2. The van der Waals surface area contributed by atoms with Crippen molar-refractivity contribution in [3.8, 4) is 17.2 Å². The molecule has 0 saturated carbocycles. The van der Waals surface area contributed by atoms with Crippen molar-refractivity contribution in [2.45, 2.75) is 39.0 Å². The maximum Gasteiger partial charge on any atom is 0.331 e. The van der Waals surface area contributed by atoms with Gasteiger partial charge in [-0.05, 0) is 37.6 Å².